The second kappa shape index (κ2) is 4.73. The molecular formula is C14H14N2O4. The van der Waals surface area contributed by atoms with Gasteiger partial charge in [-0.05, 0) is 29.3 Å². The van der Waals surface area contributed by atoms with Gasteiger partial charge in [-0.2, -0.15) is 0 Å². The van der Waals surface area contributed by atoms with Gasteiger partial charge in [0.15, 0.2) is 0 Å². The molecule has 6 N–H and O–H groups in total. The summed E-state index contributed by atoms with van der Waals surface area (Å²) in [5.74, 6) is -2.94. The second-order valence-corrected chi connectivity index (χ2v) is 4.63. The summed E-state index contributed by atoms with van der Waals surface area (Å²) in [6.45, 7) is 0. The minimum atomic E-state index is -2.12. The van der Waals surface area contributed by atoms with E-state index in [-0.39, 0.29) is 12.1 Å². The van der Waals surface area contributed by atoms with Crippen LogP contribution in [-0.4, -0.2) is 22.2 Å². The fourth-order valence-electron chi connectivity index (χ4n) is 2.16. The van der Waals surface area contributed by atoms with Crippen LogP contribution in [0.25, 0.3) is 5.57 Å². The highest BCUT2D eigenvalue weighted by molar-refractivity contribution is 6.04. The second-order valence-electron chi connectivity index (χ2n) is 4.63. The van der Waals surface area contributed by atoms with Crippen molar-refractivity contribution in [1.29, 1.82) is 0 Å². The van der Waals surface area contributed by atoms with E-state index < -0.39 is 17.4 Å². The monoisotopic (exact) mass is 274 g/mol. The van der Waals surface area contributed by atoms with Gasteiger partial charge in [-0.15, -0.1) is 0 Å². The SMILES string of the molecule is NC1=CC=C(c2ccc(N)cc2)CC1(C(=O)O)C(=O)O. The van der Waals surface area contributed by atoms with Crippen molar-refractivity contribution in [3.8, 4) is 0 Å². The first kappa shape index (κ1) is 13.7. The van der Waals surface area contributed by atoms with Gasteiger partial charge >= 0.3 is 11.9 Å². The Hall–Kier alpha value is -2.76. The summed E-state index contributed by atoms with van der Waals surface area (Å²) in [6, 6.07) is 6.76. The fraction of sp³-hybridized carbons (Fsp3) is 0.143. The zero-order chi connectivity index (χ0) is 14.9. The van der Waals surface area contributed by atoms with E-state index in [4.69, 9.17) is 11.5 Å². The van der Waals surface area contributed by atoms with E-state index in [1.807, 2.05) is 0 Å². The first-order chi connectivity index (χ1) is 9.37. The molecule has 0 spiro atoms. The normalized spacial score (nSPS) is 17.0. The molecule has 0 atom stereocenters. The molecular weight excluding hydrogens is 260 g/mol. The van der Waals surface area contributed by atoms with E-state index >= 15 is 0 Å². The molecule has 6 nitrogen and oxygen atoms in total. The number of hydrogen-bond acceptors (Lipinski definition) is 4. The molecule has 1 aromatic carbocycles. The van der Waals surface area contributed by atoms with Gasteiger partial charge < -0.3 is 21.7 Å². The number of benzene rings is 1. The van der Waals surface area contributed by atoms with Crippen LogP contribution in [0.4, 0.5) is 5.69 Å². The molecule has 1 aliphatic carbocycles. The van der Waals surface area contributed by atoms with Crippen LogP contribution in [0.15, 0.2) is 42.1 Å². The maximum absolute atomic E-state index is 11.4. The van der Waals surface area contributed by atoms with E-state index in [1.165, 1.54) is 6.08 Å². The Morgan fingerprint density at radius 1 is 1.00 bits per heavy atom. The summed E-state index contributed by atoms with van der Waals surface area (Å²) >= 11 is 0. The van der Waals surface area contributed by atoms with Crippen LogP contribution < -0.4 is 11.5 Å². The largest absolute Gasteiger partial charge is 0.480 e. The number of nitrogen functional groups attached to an aromatic ring is 1. The molecule has 2 rings (SSSR count). The predicted molar refractivity (Wildman–Crippen MR) is 73.4 cm³/mol. The smallest absolute Gasteiger partial charge is 0.327 e. The number of allylic oxidation sites excluding steroid dienone is 3. The number of carboxylic acids is 2. The molecule has 0 amide bonds. The van der Waals surface area contributed by atoms with E-state index in [2.05, 4.69) is 0 Å². The molecule has 1 aliphatic rings. The zero-order valence-corrected chi connectivity index (χ0v) is 10.5. The van der Waals surface area contributed by atoms with Crippen molar-refractivity contribution in [2.45, 2.75) is 6.42 Å². The summed E-state index contributed by atoms with van der Waals surface area (Å²) in [6.07, 6.45) is 2.76. The zero-order valence-electron chi connectivity index (χ0n) is 10.5. The summed E-state index contributed by atoms with van der Waals surface area (Å²) in [5, 5.41) is 18.6. The maximum Gasteiger partial charge on any atom is 0.327 e. The Morgan fingerprint density at radius 2 is 1.55 bits per heavy atom. The van der Waals surface area contributed by atoms with Crippen molar-refractivity contribution in [3.63, 3.8) is 0 Å². The average Bonchev–Trinajstić information content (AvgIpc) is 2.39. The lowest BCUT2D eigenvalue weighted by Crippen LogP contribution is -2.45. The number of aliphatic carboxylic acids is 2. The number of nitrogens with two attached hydrogens (primary N) is 2. The van der Waals surface area contributed by atoms with Crippen molar-refractivity contribution in [2.24, 2.45) is 11.1 Å². The number of anilines is 1. The van der Waals surface area contributed by atoms with Crippen LogP contribution >= 0.6 is 0 Å². The molecule has 0 fully saturated rings. The number of carboxylic acid groups (broad SMARTS) is 2. The van der Waals surface area contributed by atoms with E-state index in [0.29, 0.717) is 11.3 Å². The lowest BCUT2D eigenvalue weighted by molar-refractivity contribution is -0.161. The quantitative estimate of drug-likeness (QED) is 0.482. The minimum absolute atomic E-state index is 0.184. The van der Waals surface area contributed by atoms with Gasteiger partial charge in [-0.3, -0.25) is 9.59 Å². The molecule has 0 aliphatic heterocycles. The third-order valence-electron chi connectivity index (χ3n) is 3.42. The number of carbonyl (C=O) groups is 2. The molecule has 0 bridgehead atoms. The highest BCUT2D eigenvalue weighted by Crippen LogP contribution is 2.40. The predicted octanol–water partition coefficient (Wildman–Crippen LogP) is 1.05. The van der Waals surface area contributed by atoms with E-state index in [9.17, 15) is 19.8 Å². The van der Waals surface area contributed by atoms with Gasteiger partial charge in [-0.25, -0.2) is 0 Å². The third-order valence-corrected chi connectivity index (χ3v) is 3.42. The van der Waals surface area contributed by atoms with E-state index in [0.717, 1.165) is 5.56 Å². The van der Waals surface area contributed by atoms with Gasteiger partial charge in [-0.1, -0.05) is 18.2 Å². The summed E-state index contributed by atoms with van der Waals surface area (Å²) < 4.78 is 0. The highest BCUT2D eigenvalue weighted by atomic mass is 16.4. The molecule has 1 aromatic rings. The lowest BCUT2D eigenvalue weighted by Gasteiger charge is -2.29. The summed E-state index contributed by atoms with van der Waals surface area (Å²) in [4.78, 5) is 22.8. The Labute approximate surface area is 115 Å². The fourth-order valence-corrected chi connectivity index (χ4v) is 2.16. The molecule has 0 radical (unpaired) electrons. The first-order valence-electron chi connectivity index (χ1n) is 5.87. The van der Waals surface area contributed by atoms with Crippen LogP contribution in [0, 0.1) is 5.41 Å². The van der Waals surface area contributed by atoms with Crippen molar-refractivity contribution in [2.75, 3.05) is 5.73 Å². The van der Waals surface area contributed by atoms with Gasteiger partial charge in [0.05, 0.1) is 0 Å². The molecule has 0 aromatic heterocycles. The summed E-state index contributed by atoms with van der Waals surface area (Å²) in [5.41, 5.74) is 10.8. The summed E-state index contributed by atoms with van der Waals surface area (Å²) in [7, 11) is 0. The molecule has 0 saturated carbocycles. The van der Waals surface area contributed by atoms with Crippen molar-refractivity contribution in [3.05, 3.63) is 47.7 Å². The Bertz CT molecular complexity index is 615. The highest BCUT2D eigenvalue weighted by Gasteiger charge is 2.50. The van der Waals surface area contributed by atoms with Gasteiger partial charge in [0.1, 0.15) is 0 Å². The first-order valence-corrected chi connectivity index (χ1v) is 5.87. The van der Waals surface area contributed by atoms with Gasteiger partial charge in [0.2, 0.25) is 5.41 Å². The van der Waals surface area contributed by atoms with Crippen molar-refractivity contribution >= 4 is 23.2 Å². The minimum Gasteiger partial charge on any atom is -0.480 e. The van der Waals surface area contributed by atoms with Crippen LogP contribution in [0.1, 0.15) is 12.0 Å². The van der Waals surface area contributed by atoms with Crippen molar-refractivity contribution in [1.82, 2.24) is 0 Å². The molecule has 6 heteroatoms. The molecule has 20 heavy (non-hydrogen) atoms. The van der Waals surface area contributed by atoms with Crippen LogP contribution in [0.2, 0.25) is 0 Å². The third kappa shape index (κ3) is 2.01. The number of hydrogen-bond donors (Lipinski definition) is 4. The lowest BCUT2D eigenvalue weighted by atomic mass is 9.74. The Balaban J connectivity index is 2.48. The van der Waals surface area contributed by atoms with E-state index in [1.54, 1.807) is 30.3 Å². The molecule has 0 unspecified atom stereocenters. The van der Waals surface area contributed by atoms with Crippen LogP contribution in [0.3, 0.4) is 0 Å². The molecule has 104 valence electrons. The van der Waals surface area contributed by atoms with Crippen LogP contribution in [0.5, 0.6) is 0 Å². The maximum atomic E-state index is 11.4. The average molecular weight is 274 g/mol. The number of rotatable bonds is 3. The van der Waals surface area contributed by atoms with Gasteiger partial charge in [0.25, 0.3) is 0 Å². The Morgan fingerprint density at radius 3 is 2.05 bits per heavy atom. The topological polar surface area (TPSA) is 127 Å². The van der Waals surface area contributed by atoms with Crippen LogP contribution in [-0.2, 0) is 9.59 Å². The Kier molecular flexibility index (Phi) is 3.23. The van der Waals surface area contributed by atoms with Gasteiger partial charge in [0, 0.05) is 17.8 Å². The molecule has 0 saturated heterocycles. The standard InChI is InChI=1S/C14H14N2O4/c15-10-4-1-8(2-5-10)9-3-6-11(16)14(7-9,12(17)18)13(19)20/h1-6H,7,15-16H2,(H,17,18)(H,19,20). The molecule has 0 heterocycles. The van der Waals surface area contributed by atoms with Crippen molar-refractivity contribution < 1.29 is 19.8 Å².